The molecule has 2 unspecified atom stereocenters. The maximum Gasteiger partial charge on any atom is 0.0212 e. The van der Waals surface area contributed by atoms with Crippen molar-refractivity contribution in [1.29, 1.82) is 0 Å². The van der Waals surface area contributed by atoms with Crippen molar-refractivity contribution in [3.63, 3.8) is 0 Å². The molecule has 1 aliphatic rings. The average molecular weight is 197 g/mol. The molecule has 0 amide bonds. The standard InChI is InChI=1S/C11H19NS/c1-3-4-9-12-10-7-5-6-8-11(10)13-2/h1,10-12H,4-9H2,2H3. The van der Waals surface area contributed by atoms with Crippen LogP contribution in [0.25, 0.3) is 0 Å². The minimum absolute atomic E-state index is 0.706. The van der Waals surface area contributed by atoms with E-state index in [4.69, 9.17) is 6.42 Å². The summed E-state index contributed by atoms with van der Waals surface area (Å²) in [7, 11) is 0. The molecule has 0 aromatic rings. The molecule has 0 saturated heterocycles. The fraction of sp³-hybridized carbons (Fsp3) is 0.818. The molecule has 0 heterocycles. The van der Waals surface area contributed by atoms with Crippen LogP contribution >= 0.6 is 11.8 Å². The van der Waals surface area contributed by atoms with Crippen molar-refractivity contribution < 1.29 is 0 Å². The summed E-state index contributed by atoms with van der Waals surface area (Å²) in [5, 5.41) is 4.37. The highest BCUT2D eigenvalue weighted by molar-refractivity contribution is 7.99. The number of rotatable bonds is 4. The van der Waals surface area contributed by atoms with Gasteiger partial charge in [-0.05, 0) is 19.1 Å². The molecule has 1 fully saturated rings. The van der Waals surface area contributed by atoms with E-state index in [1.165, 1.54) is 25.7 Å². The number of hydrogen-bond acceptors (Lipinski definition) is 2. The third-order valence-electron chi connectivity index (χ3n) is 2.68. The van der Waals surface area contributed by atoms with Gasteiger partial charge in [0.1, 0.15) is 0 Å². The van der Waals surface area contributed by atoms with E-state index in [0.717, 1.165) is 18.2 Å². The first-order valence-electron chi connectivity index (χ1n) is 5.08. The number of terminal acetylenes is 1. The normalized spacial score (nSPS) is 28.3. The lowest BCUT2D eigenvalue weighted by Gasteiger charge is -2.30. The van der Waals surface area contributed by atoms with Gasteiger partial charge in [-0.3, -0.25) is 0 Å². The quantitative estimate of drug-likeness (QED) is 0.548. The molecule has 2 heteroatoms. The van der Waals surface area contributed by atoms with Gasteiger partial charge >= 0.3 is 0 Å². The van der Waals surface area contributed by atoms with Crippen LogP contribution in [0.3, 0.4) is 0 Å². The van der Waals surface area contributed by atoms with Gasteiger partial charge in [-0.2, -0.15) is 11.8 Å². The Morgan fingerprint density at radius 1 is 1.46 bits per heavy atom. The van der Waals surface area contributed by atoms with Gasteiger partial charge in [0.2, 0.25) is 0 Å². The molecular formula is C11H19NS. The zero-order chi connectivity index (χ0) is 9.52. The highest BCUT2D eigenvalue weighted by atomic mass is 32.2. The van der Waals surface area contributed by atoms with E-state index in [0.29, 0.717) is 6.04 Å². The van der Waals surface area contributed by atoms with Gasteiger partial charge in [-0.1, -0.05) is 12.8 Å². The van der Waals surface area contributed by atoms with Gasteiger partial charge in [0.15, 0.2) is 0 Å². The Morgan fingerprint density at radius 3 is 2.92 bits per heavy atom. The van der Waals surface area contributed by atoms with Crippen molar-refractivity contribution in [3.05, 3.63) is 0 Å². The number of thioether (sulfide) groups is 1. The molecule has 13 heavy (non-hydrogen) atoms. The second-order valence-corrected chi connectivity index (χ2v) is 4.65. The first-order chi connectivity index (χ1) is 6.38. The molecule has 0 radical (unpaired) electrons. The van der Waals surface area contributed by atoms with Crippen molar-refractivity contribution in [2.75, 3.05) is 12.8 Å². The summed E-state index contributed by atoms with van der Waals surface area (Å²) in [6, 6.07) is 0.706. The van der Waals surface area contributed by atoms with E-state index in [2.05, 4.69) is 17.5 Å². The van der Waals surface area contributed by atoms with Crippen LogP contribution < -0.4 is 5.32 Å². The summed E-state index contributed by atoms with van der Waals surface area (Å²) >= 11 is 2.00. The van der Waals surface area contributed by atoms with E-state index in [1.54, 1.807) is 0 Å². The van der Waals surface area contributed by atoms with Gasteiger partial charge in [0, 0.05) is 24.3 Å². The molecule has 1 aliphatic carbocycles. The summed E-state index contributed by atoms with van der Waals surface area (Å²) in [5.41, 5.74) is 0. The Kier molecular flexibility index (Phi) is 5.34. The van der Waals surface area contributed by atoms with Crippen LogP contribution in [0.4, 0.5) is 0 Å². The lowest BCUT2D eigenvalue weighted by atomic mass is 9.95. The smallest absolute Gasteiger partial charge is 0.0212 e. The molecule has 1 saturated carbocycles. The topological polar surface area (TPSA) is 12.0 Å². The van der Waals surface area contributed by atoms with Crippen LogP contribution in [-0.2, 0) is 0 Å². The lowest BCUT2D eigenvalue weighted by molar-refractivity contribution is 0.388. The molecule has 74 valence electrons. The molecule has 0 bridgehead atoms. The summed E-state index contributed by atoms with van der Waals surface area (Å²) in [5.74, 6) is 2.67. The Bertz CT molecular complexity index is 173. The van der Waals surface area contributed by atoms with Gasteiger partial charge in [-0.15, -0.1) is 12.3 Å². The minimum atomic E-state index is 0.706. The van der Waals surface area contributed by atoms with E-state index in [1.807, 2.05) is 11.8 Å². The zero-order valence-electron chi connectivity index (χ0n) is 8.38. The molecule has 1 rings (SSSR count). The molecule has 1 N–H and O–H groups in total. The molecule has 1 nitrogen and oxygen atoms in total. The summed E-state index contributed by atoms with van der Waals surface area (Å²) < 4.78 is 0. The molecular weight excluding hydrogens is 178 g/mol. The second kappa shape index (κ2) is 6.34. The largest absolute Gasteiger partial charge is 0.312 e. The third-order valence-corrected chi connectivity index (χ3v) is 3.85. The molecule has 0 spiro atoms. The second-order valence-electron chi connectivity index (χ2n) is 3.57. The lowest BCUT2D eigenvalue weighted by Crippen LogP contribution is -2.40. The van der Waals surface area contributed by atoms with Crippen molar-refractivity contribution in [2.45, 2.75) is 43.4 Å². The SMILES string of the molecule is C#CCCNC1CCCCC1SC. The zero-order valence-corrected chi connectivity index (χ0v) is 9.20. The van der Waals surface area contributed by atoms with Gasteiger partial charge in [0.05, 0.1) is 0 Å². The minimum Gasteiger partial charge on any atom is -0.312 e. The predicted octanol–water partition coefficient (Wildman–Crippen LogP) is 2.27. The Hall–Kier alpha value is -0.130. The Morgan fingerprint density at radius 2 is 2.23 bits per heavy atom. The highest BCUT2D eigenvalue weighted by Gasteiger charge is 2.22. The Labute approximate surface area is 86.1 Å². The first kappa shape index (κ1) is 10.9. The predicted molar refractivity (Wildman–Crippen MR) is 61.0 cm³/mol. The third kappa shape index (κ3) is 3.62. The van der Waals surface area contributed by atoms with Crippen LogP contribution in [0.15, 0.2) is 0 Å². The van der Waals surface area contributed by atoms with Crippen LogP contribution in [0, 0.1) is 12.3 Å². The maximum atomic E-state index is 5.22. The van der Waals surface area contributed by atoms with Crippen LogP contribution in [0.5, 0.6) is 0 Å². The van der Waals surface area contributed by atoms with Gasteiger partial charge in [-0.25, -0.2) is 0 Å². The molecule has 2 atom stereocenters. The Balaban J connectivity index is 2.24. The highest BCUT2D eigenvalue weighted by Crippen LogP contribution is 2.26. The molecule has 0 aromatic carbocycles. The monoisotopic (exact) mass is 197 g/mol. The van der Waals surface area contributed by atoms with E-state index < -0.39 is 0 Å². The van der Waals surface area contributed by atoms with E-state index in [9.17, 15) is 0 Å². The molecule has 0 aliphatic heterocycles. The van der Waals surface area contributed by atoms with Crippen LogP contribution in [-0.4, -0.2) is 24.1 Å². The van der Waals surface area contributed by atoms with Crippen molar-refractivity contribution >= 4 is 11.8 Å². The molecule has 0 aromatic heterocycles. The van der Waals surface area contributed by atoms with Crippen molar-refractivity contribution in [2.24, 2.45) is 0 Å². The summed E-state index contributed by atoms with van der Waals surface area (Å²) in [6.07, 6.45) is 13.8. The van der Waals surface area contributed by atoms with E-state index >= 15 is 0 Å². The fourth-order valence-corrected chi connectivity index (χ4v) is 2.91. The maximum absolute atomic E-state index is 5.22. The number of nitrogens with one attached hydrogen (secondary N) is 1. The first-order valence-corrected chi connectivity index (χ1v) is 6.37. The average Bonchev–Trinajstić information content (AvgIpc) is 2.19. The van der Waals surface area contributed by atoms with Crippen molar-refractivity contribution in [1.82, 2.24) is 5.32 Å². The van der Waals surface area contributed by atoms with Gasteiger partial charge < -0.3 is 5.32 Å². The fourth-order valence-electron chi connectivity index (χ4n) is 1.94. The van der Waals surface area contributed by atoms with Gasteiger partial charge in [0.25, 0.3) is 0 Å². The van der Waals surface area contributed by atoms with Crippen LogP contribution in [0.1, 0.15) is 32.1 Å². The van der Waals surface area contributed by atoms with Crippen molar-refractivity contribution in [3.8, 4) is 12.3 Å². The summed E-state index contributed by atoms with van der Waals surface area (Å²) in [6.45, 7) is 0.984. The van der Waals surface area contributed by atoms with E-state index in [-0.39, 0.29) is 0 Å². The van der Waals surface area contributed by atoms with Crippen LogP contribution in [0.2, 0.25) is 0 Å². The summed E-state index contributed by atoms with van der Waals surface area (Å²) in [4.78, 5) is 0. The number of hydrogen-bond donors (Lipinski definition) is 1.